The lowest BCUT2D eigenvalue weighted by Crippen LogP contribution is -2.43. The van der Waals surface area contributed by atoms with Crippen LogP contribution in [0.1, 0.15) is 36.8 Å². The van der Waals surface area contributed by atoms with E-state index in [9.17, 15) is 4.79 Å². The van der Waals surface area contributed by atoms with Crippen LogP contribution in [-0.2, 0) is 16.1 Å². The summed E-state index contributed by atoms with van der Waals surface area (Å²) in [6.07, 6.45) is 3.39. The zero-order valence-corrected chi connectivity index (χ0v) is 12.1. The standard InChI is InChI=1S/C15H21N3O3/c1-21-15(6-3-7-15)9-13(19)17-10-11-4-2-5-12(8-11)14(16)18-20/h2,4-5,8,20H,3,6-7,9-10H2,1H3,(H2,16,18)(H,17,19). The number of amidine groups is 1. The summed E-state index contributed by atoms with van der Waals surface area (Å²) in [5, 5.41) is 14.5. The topological polar surface area (TPSA) is 96.9 Å². The normalized spacial score (nSPS) is 17.1. The van der Waals surface area contributed by atoms with Crippen LogP contribution in [0.15, 0.2) is 29.4 Å². The number of hydrogen-bond acceptors (Lipinski definition) is 4. The minimum Gasteiger partial charge on any atom is -0.409 e. The van der Waals surface area contributed by atoms with Gasteiger partial charge in [-0.25, -0.2) is 0 Å². The van der Waals surface area contributed by atoms with Crippen LogP contribution in [0.3, 0.4) is 0 Å². The van der Waals surface area contributed by atoms with Crippen LogP contribution in [0.4, 0.5) is 0 Å². The van der Waals surface area contributed by atoms with Crippen molar-refractivity contribution in [2.45, 2.75) is 37.8 Å². The molecule has 1 amide bonds. The molecule has 0 atom stereocenters. The molecule has 1 aliphatic rings. The van der Waals surface area contributed by atoms with Crippen molar-refractivity contribution in [3.05, 3.63) is 35.4 Å². The highest BCUT2D eigenvalue weighted by atomic mass is 16.5. The fourth-order valence-electron chi connectivity index (χ4n) is 2.48. The summed E-state index contributed by atoms with van der Waals surface area (Å²) in [5.41, 5.74) is 6.80. The number of nitrogens with zero attached hydrogens (tertiary/aromatic N) is 1. The van der Waals surface area contributed by atoms with Crippen molar-refractivity contribution in [2.75, 3.05) is 7.11 Å². The monoisotopic (exact) mass is 291 g/mol. The highest BCUT2D eigenvalue weighted by Crippen LogP contribution is 2.37. The number of hydrogen-bond donors (Lipinski definition) is 3. The first-order valence-corrected chi connectivity index (χ1v) is 6.97. The number of rotatable bonds is 6. The van der Waals surface area contributed by atoms with Gasteiger partial charge in [0, 0.05) is 19.2 Å². The lowest BCUT2D eigenvalue weighted by Gasteiger charge is -2.39. The van der Waals surface area contributed by atoms with Gasteiger partial charge in [0.05, 0.1) is 12.0 Å². The molecule has 0 saturated heterocycles. The molecule has 1 saturated carbocycles. The number of nitrogens with two attached hydrogens (primary N) is 1. The maximum Gasteiger partial charge on any atom is 0.223 e. The summed E-state index contributed by atoms with van der Waals surface area (Å²) >= 11 is 0. The highest BCUT2D eigenvalue weighted by molar-refractivity contribution is 5.97. The number of amides is 1. The van der Waals surface area contributed by atoms with Crippen LogP contribution >= 0.6 is 0 Å². The van der Waals surface area contributed by atoms with Crippen LogP contribution in [-0.4, -0.2) is 29.7 Å². The van der Waals surface area contributed by atoms with Crippen molar-refractivity contribution in [3.8, 4) is 0 Å². The first-order chi connectivity index (χ1) is 10.1. The molecule has 0 spiro atoms. The predicted octanol–water partition coefficient (Wildman–Crippen LogP) is 1.36. The van der Waals surface area contributed by atoms with Crippen molar-refractivity contribution < 1.29 is 14.7 Å². The van der Waals surface area contributed by atoms with E-state index in [4.69, 9.17) is 15.7 Å². The quantitative estimate of drug-likeness (QED) is 0.319. The van der Waals surface area contributed by atoms with Crippen molar-refractivity contribution in [1.82, 2.24) is 5.32 Å². The van der Waals surface area contributed by atoms with Gasteiger partial charge in [-0.05, 0) is 30.9 Å². The maximum atomic E-state index is 12.0. The third-order valence-corrected chi connectivity index (χ3v) is 4.00. The molecule has 0 bridgehead atoms. The Morgan fingerprint density at radius 1 is 1.52 bits per heavy atom. The number of benzene rings is 1. The van der Waals surface area contributed by atoms with Gasteiger partial charge < -0.3 is 21.0 Å². The molecule has 0 unspecified atom stereocenters. The van der Waals surface area contributed by atoms with Crippen LogP contribution in [0.2, 0.25) is 0 Å². The Kier molecular flexibility index (Phi) is 4.80. The Balaban J connectivity index is 1.89. The van der Waals surface area contributed by atoms with Crippen LogP contribution in [0.25, 0.3) is 0 Å². The summed E-state index contributed by atoms with van der Waals surface area (Å²) in [6.45, 7) is 0.408. The molecule has 0 aliphatic heterocycles. The van der Waals surface area contributed by atoms with Crippen LogP contribution < -0.4 is 11.1 Å². The van der Waals surface area contributed by atoms with E-state index in [1.807, 2.05) is 6.07 Å². The Morgan fingerprint density at radius 2 is 2.29 bits per heavy atom. The van der Waals surface area contributed by atoms with Gasteiger partial charge in [0.15, 0.2) is 5.84 Å². The second-order valence-electron chi connectivity index (χ2n) is 5.38. The number of methoxy groups -OCH3 is 1. The SMILES string of the molecule is COC1(CC(=O)NCc2cccc(/C(N)=N/O)c2)CCC1. The third-order valence-electron chi connectivity index (χ3n) is 4.00. The molecule has 21 heavy (non-hydrogen) atoms. The summed E-state index contributed by atoms with van der Waals surface area (Å²) in [7, 11) is 1.66. The average molecular weight is 291 g/mol. The summed E-state index contributed by atoms with van der Waals surface area (Å²) < 4.78 is 5.44. The average Bonchev–Trinajstić information content (AvgIpc) is 2.48. The highest BCUT2D eigenvalue weighted by Gasteiger charge is 2.38. The smallest absolute Gasteiger partial charge is 0.223 e. The van der Waals surface area contributed by atoms with E-state index < -0.39 is 0 Å². The van der Waals surface area contributed by atoms with Gasteiger partial charge in [0.25, 0.3) is 0 Å². The lowest BCUT2D eigenvalue weighted by molar-refractivity contribution is -0.134. The van der Waals surface area contributed by atoms with Crippen LogP contribution in [0, 0.1) is 0 Å². The Labute approximate surface area is 124 Å². The van der Waals surface area contributed by atoms with Gasteiger partial charge >= 0.3 is 0 Å². The molecule has 0 radical (unpaired) electrons. The largest absolute Gasteiger partial charge is 0.409 e. The molecule has 0 aromatic heterocycles. The number of ether oxygens (including phenoxy) is 1. The van der Waals surface area contributed by atoms with Crippen LogP contribution in [0.5, 0.6) is 0 Å². The Bertz CT molecular complexity index is 533. The third kappa shape index (κ3) is 3.72. The second kappa shape index (κ2) is 6.58. The fraction of sp³-hybridized carbons (Fsp3) is 0.467. The molecular formula is C15H21N3O3. The number of carbonyl (C=O) groups is 1. The molecule has 0 heterocycles. The van der Waals surface area contributed by atoms with Crippen molar-refractivity contribution in [1.29, 1.82) is 0 Å². The van der Waals surface area contributed by atoms with E-state index in [0.717, 1.165) is 24.8 Å². The van der Waals surface area contributed by atoms with Gasteiger partial charge in [0.1, 0.15) is 0 Å². The molecule has 114 valence electrons. The summed E-state index contributed by atoms with van der Waals surface area (Å²) in [5.74, 6) is 0.0294. The summed E-state index contributed by atoms with van der Waals surface area (Å²) in [4.78, 5) is 12.0. The van der Waals surface area contributed by atoms with Gasteiger partial charge in [-0.15, -0.1) is 0 Å². The molecule has 4 N–H and O–H groups in total. The van der Waals surface area contributed by atoms with Crippen molar-refractivity contribution in [3.63, 3.8) is 0 Å². The first-order valence-electron chi connectivity index (χ1n) is 6.97. The zero-order chi connectivity index (χ0) is 15.3. The zero-order valence-electron chi connectivity index (χ0n) is 12.1. The van der Waals surface area contributed by atoms with E-state index in [-0.39, 0.29) is 17.3 Å². The molecule has 1 aliphatic carbocycles. The number of carbonyl (C=O) groups excluding carboxylic acids is 1. The lowest BCUT2D eigenvalue weighted by atomic mass is 9.77. The molecule has 2 rings (SSSR count). The van der Waals surface area contributed by atoms with Gasteiger partial charge in [-0.1, -0.05) is 23.4 Å². The molecule has 1 fully saturated rings. The minimum atomic E-state index is -0.264. The number of oxime groups is 1. The Morgan fingerprint density at radius 3 is 2.86 bits per heavy atom. The Hall–Kier alpha value is -2.08. The van der Waals surface area contributed by atoms with E-state index in [1.165, 1.54) is 0 Å². The van der Waals surface area contributed by atoms with E-state index in [1.54, 1.807) is 25.3 Å². The first kappa shape index (κ1) is 15.3. The fourth-order valence-corrected chi connectivity index (χ4v) is 2.48. The summed E-state index contributed by atoms with van der Waals surface area (Å²) in [6, 6.07) is 7.21. The molecular weight excluding hydrogens is 270 g/mol. The second-order valence-corrected chi connectivity index (χ2v) is 5.38. The van der Waals surface area contributed by atoms with Gasteiger partial charge in [0.2, 0.25) is 5.91 Å². The maximum absolute atomic E-state index is 12.0. The number of nitrogens with one attached hydrogen (secondary N) is 1. The van der Waals surface area contributed by atoms with Gasteiger partial charge in [-0.3, -0.25) is 4.79 Å². The minimum absolute atomic E-state index is 0.0225. The van der Waals surface area contributed by atoms with E-state index in [2.05, 4.69) is 10.5 Å². The van der Waals surface area contributed by atoms with Crippen molar-refractivity contribution in [2.24, 2.45) is 10.9 Å². The molecule has 6 nitrogen and oxygen atoms in total. The molecule has 1 aromatic carbocycles. The van der Waals surface area contributed by atoms with Crippen molar-refractivity contribution >= 4 is 11.7 Å². The molecule has 1 aromatic rings. The predicted molar refractivity (Wildman–Crippen MR) is 79.0 cm³/mol. The van der Waals surface area contributed by atoms with E-state index >= 15 is 0 Å². The van der Waals surface area contributed by atoms with Gasteiger partial charge in [-0.2, -0.15) is 0 Å². The van der Waals surface area contributed by atoms with E-state index in [0.29, 0.717) is 18.5 Å². The molecule has 6 heteroatoms.